The molecular weight excluding hydrogens is 275 g/mol. The Hall–Kier alpha value is -0.640. The molecule has 2 nitrogen and oxygen atoms in total. The molecule has 1 aliphatic heterocycles. The Morgan fingerprint density at radius 2 is 2.15 bits per heavy atom. The summed E-state index contributed by atoms with van der Waals surface area (Å²) in [5, 5.41) is 4.21. The zero-order valence-corrected chi connectivity index (χ0v) is 12.9. The number of hydrogen-bond acceptors (Lipinski definition) is 2. The minimum Gasteiger partial charge on any atom is -0.311 e. The van der Waals surface area contributed by atoms with Crippen LogP contribution >= 0.6 is 11.6 Å². The fourth-order valence-corrected chi connectivity index (χ4v) is 3.22. The van der Waals surface area contributed by atoms with Crippen molar-refractivity contribution < 1.29 is 4.39 Å². The molecule has 1 N–H and O–H groups in total. The summed E-state index contributed by atoms with van der Waals surface area (Å²) in [6.45, 7) is 7.33. The van der Waals surface area contributed by atoms with Crippen LogP contribution in [0.2, 0.25) is 5.02 Å². The van der Waals surface area contributed by atoms with Gasteiger partial charge in [-0.05, 0) is 50.3 Å². The Morgan fingerprint density at radius 3 is 2.80 bits per heavy atom. The minimum absolute atomic E-state index is 0.100. The van der Waals surface area contributed by atoms with E-state index in [0.717, 1.165) is 31.1 Å². The highest BCUT2D eigenvalue weighted by atomic mass is 35.5. The first-order valence-corrected chi connectivity index (χ1v) is 7.76. The zero-order valence-electron chi connectivity index (χ0n) is 12.1. The van der Waals surface area contributed by atoms with Crippen LogP contribution in [0.3, 0.4) is 0 Å². The smallest absolute Gasteiger partial charge is 0.124 e. The maximum Gasteiger partial charge on any atom is 0.124 e. The molecule has 1 saturated heterocycles. The predicted octanol–water partition coefficient (Wildman–Crippen LogP) is 3.44. The number of halogens is 2. The molecule has 1 saturated carbocycles. The minimum atomic E-state index is -0.269. The Kier molecular flexibility index (Phi) is 3.78. The lowest BCUT2D eigenvalue weighted by Crippen LogP contribution is -2.62. The third-order valence-electron chi connectivity index (χ3n) is 4.64. The van der Waals surface area contributed by atoms with Crippen molar-refractivity contribution >= 4 is 11.6 Å². The van der Waals surface area contributed by atoms with E-state index in [0.29, 0.717) is 11.1 Å². The quantitative estimate of drug-likeness (QED) is 0.919. The van der Waals surface area contributed by atoms with Crippen molar-refractivity contribution in [2.24, 2.45) is 5.92 Å². The standard InChI is InChI=1S/C16H22ClFN2/c1-16(2)10-19-15(11-3-4-11)9-20(16)8-12-5-6-13(18)7-14(12)17/h5-7,11,15,19H,3-4,8-10H2,1-2H3. The van der Waals surface area contributed by atoms with Crippen molar-refractivity contribution in [3.05, 3.63) is 34.6 Å². The van der Waals surface area contributed by atoms with Gasteiger partial charge in [0.1, 0.15) is 5.82 Å². The van der Waals surface area contributed by atoms with Gasteiger partial charge in [-0.3, -0.25) is 4.90 Å². The summed E-state index contributed by atoms with van der Waals surface area (Å²) in [5.41, 5.74) is 1.11. The highest BCUT2D eigenvalue weighted by Gasteiger charge is 2.40. The number of nitrogens with one attached hydrogen (secondary N) is 1. The van der Waals surface area contributed by atoms with E-state index in [1.165, 1.54) is 25.0 Å². The molecular formula is C16H22ClFN2. The van der Waals surface area contributed by atoms with Crippen LogP contribution < -0.4 is 5.32 Å². The van der Waals surface area contributed by atoms with Gasteiger partial charge in [0.2, 0.25) is 0 Å². The van der Waals surface area contributed by atoms with Crippen LogP contribution in [-0.2, 0) is 6.54 Å². The van der Waals surface area contributed by atoms with Crippen LogP contribution in [0.5, 0.6) is 0 Å². The number of benzene rings is 1. The van der Waals surface area contributed by atoms with Gasteiger partial charge in [0.15, 0.2) is 0 Å². The number of hydrogen-bond donors (Lipinski definition) is 1. The maximum absolute atomic E-state index is 13.1. The van der Waals surface area contributed by atoms with Crippen molar-refractivity contribution in [2.75, 3.05) is 13.1 Å². The van der Waals surface area contributed by atoms with Crippen molar-refractivity contribution in [1.29, 1.82) is 0 Å². The second-order valence-corrected chi connectivity index (χ2v) is 7.16. The van der Waals surface area contributed by atoms with E-state index in [1.54, 1.807) is 0 Å². The van der Waals surface area contributed by atoms with Crippen molar-refractivity contribution in [2.45, 2.75) is 44.8 Å². The molecule has 1 aromatic carbocycles. The molecule has 4 heteroatoms. The molecule has 0 radical (unpaired) electrons. The summed E-state index contributed by atoms with van der Waals surface area (Å²) >= 11 is 6.17. The van der Waals surface area contributed by atoms with E-state index < -0.39 is 0 Å². The summed E-state index contributed by atoms with van der Waals surface area (Å²) in [7, 11) is 0. The second kappa shape index (κ2) is 5.28. The molecule has 1 atom stereocenters. The van der Waals surface area contributed by atoms with Crippen LogP contribution in [0, 0.1) is 11.7 Å². The van der Waals surface area contributed by atoms with E-state index in [1.807, 2.05) is 6.07 Å². The molecule has 2 aliphatic rings. The molecule has 110 valence electrons. The van der Waals surface area contributed by atoms with Crippen LogP contribution in [0.4, 0.5) is 4.39 Å². The summed E-state index contributed by atoms with van der Waals surface area (Å²) in [6.07, 6.45) is 2.70. The first kappa shape index (κ1) is 14.3. The molecule has 0 aromatic heterocycles. The van der Waals surface area contributed by atoms with Crippen LogP contribution in [0.1, 0.15) is 32.3 Å². The van der Waals surface area contributed by atoms with E-state index in [4.69, 9.17) is 11.6 Å². The average molecular weight is 297 g/mol. The maximum atomic E-state index is 13.1. The van der Waals surface area contributed by atoms with Gasteiger partial charge < -0.3 is 5.32 Å². The molecule has 1 heterocycles. The third-order valence-corrected chi connectivity index (χ3v) is 4.99. The lowest BCUT2D eigenvalue weighted by atomic mass is 9.95. The van der Waals surface area contributed by atoms with Crippen LogP contribution in [0.15, 0.2) is 18.2 Å². The highest BCUT2D eigenvalue weighted by Crippen LogP contribution is 2.36. The molecule has 0 amide bonds. The van der Waals surface area contributed by atoms with E-state index in [-0.39, 0.29) is 11.4 Å². The Labute approximate surface area is 125 Å². The monoisotopic (exact) mass is 296 g/mol. The summed E-state index contributed by atoms with van der Waals surface area (Å²) in [5.74, 6) is 0.575. The fourth-order valence-electron chi connectivity index (χ4n) is 2.99. The first-order valence-electron chi connectivity index (χ1n) is 7.38. The Balaban J connectivity index is 1.75. The molecule has 1 aromatic rings. The lowest BCUT2D eigenvalue weighted by molar-refractivity contribution is 0.0534. The molecule has 2 fully saturated rings. The molecule has 0 spiro atoms. The Morgan fingerprint density at radius 1 is 1.40 bits per heavy atom. The number of nitrogens with zero attached hydrogens (tertiary/aromatic N) is 1. The van der Waals surface area contributed by atoms with Gasteiger partial charge in [-0.15, -0.1) is 0 Å². The van der Waals surface area contributed by atoms with Crippen LogP contribution in [0.25, 0.3) is 0 Å². The number of rotatable bonds is 3. The van der Waals surface area contributed by atoms with Gasteiger partial charge in [-0.25, -0.2) is 4.39 Å². The second-order valence-electron chi connectivity index (χ2n) is 6.75. The van der Waals surface area contributed by atoms with Gasteiger partial charge in [0.25, 0.3) is 0 Å². The zero-order chi connectivity index (χ0) is 14.3. The Bertz CT molecular complexity index is 499. The molecule has 20 heavy (non-hydrogen) atoms. The SMILES string of the molecule is CC1(C)CNC(C2CC2)CN1Cc1ccc(F)cc1Cl. The van der Waals surface area contributed by atoms with E-state index in [2.05, 4.69) is 24.1 Å². The lowest BCUT2D eigenvalue weighted by Gasteiger charge is -2.46. The van der Waals surface area contributed by atoms with Crippen molar-refractivity contribution in [3.8, 4) is 0 Å². The molecule has 3 rings (SSSR count). The van der Waals surface area contributed by atoms with Gasteiger partial charge in [0.05, 0.1) is 0 Å². The van der Waals surface area contributed by atoms with Crippen molar-refractivity contribution in [1.82, 2.24) is 10.2 Å². The molecule has 1 aliphatic carbocycles. The molecule has 1 unspecified atom stereocenters. The van der Waals surface area contributed by atoms with Gasteiger partial charge >= 0.3 is 0 Å². The summed E-state index contributed by atoms with van der Waals surface area (Å²) in [4.78, 5) is 2.48. The topological polar surface area (TPSA) is 15.3 Å². The van der Waals surface area contributed by atoms with Gasteiger partial charge in [0, 0.05) is 36.2 Å². The fraction of sp³-hybridized carbons (Fsp3) is 0.625. The van der Waals surface area contributed by atoms with E-state index in [9.17, 15) is 4.39 Å². The van der Waals surface area contributed by atoms with Crippen LogP contribution in [-0.4, -0.2) is 29.6 Å². The predicted molar refractivity (Wildman–Crippen MR) is 80.4 cm³/mol. The molecule has 0 bridgehead atoms. The van der Waals surface area contributed by atoms with Gasteiger partial charge in [-0.1, -0.05) is 17.7 Å². The third kappa shape index (κ3) is 3.00. The van der Waals surface area contributed by atoms with E-state index >= 15 is 0 Å². The summed E-state index contributed by atoms with van der Waals surface area (Å²) < 4.78 is 13.1. The highest BCUT2D eigenvalue weighted by molar-refractivity contribution is 6.31. The number of piperazine rings is 1. The average Bonchev–Trinajstić information content (AvgIpc) is 3.19. The normalized spacial score (nSPS) is 26.7. The summed E-state index contributed by atoms with van der Waals surface area (Å²) in [6, 6.07) is 5.31. The largest absolute Gasteiger partial charge is 0.311 e. The van der Waals surface area contributed by atoms with Crippen molar-refractivity contribution in [3.63, 3.8) is 0 Å². The first-order chi connectivity index (χ1) is 9.45. The van der Waals surface area contributed by atoms with Gasteiger partial charge in [-0.2, -0.15) is 0 Å².